The number of ether oxygens (including phenoxy) is 3. The molecular weight excluding hydrogens is 595 g/mol. The summed E-state index contributed by atoms with van der Waals surface area (Å²) in [6, 6.07) is 16.3. The van der Waals surface area contributed by atoms with E-state index in [9.17, 15) is 13.9 Å². The summed E-state index contributed by atoms with van der Waals surface area (Å²) in [5.74, 6) is 8.08. The van der Waals surface area contributed by atoms with Crippen LogP contribution < -0.4 is 9.47 Å². The van der Waals surface area contributed by atoms with Gasteiger partial charge in [0.1, 0.15) is 12.4 Å². The van der Waals surface area contributed by atoms with Crippen LogP contribution >= 0.6 is 21.9 Å². The lowest BCUT2D eigenvalue weighted by Crippen LogP contribution is -2.24. The largest absolute Gasteiger partial charge is 0.493 e. The van der Waals surface area contributed by atoms with E-state index < -0.39 is 10.6 Å². The van der Waals surface area contributed by atoms with E-state index in [1.54, 1.807) is 31.4 Å². The van der Waals surface area contributed by atoms with Gasteiger partial charge in [-0.3, -0.25) is 13.9 Å². The maximum atomic E-state index is 12.0. The van der Waals surface area contributed by atoms with Crippen molar-refractivity contribution in [1.29, 1.82) is 0 Å². The van der Waals surface area contributed by atoms with E-state index in [0.29, 0.717) is 43.1 Å². The maximum Gasteiger partial charge on any atom is 0.307 e. The Balaban J connectivity index is 1.23. The minimum Gasteiger partial charge on any atom is -0.493 e. The Labute approximate surface area is 264 Å². The molecule has 0 spiro atoms. The Morgan fingerprint density at radius 3 is 2.61 bits per heavy atom. The summed E-state index contributed by atoms with van der Waals surface area (Å²) in [6.07, 6.45) is 3.48. The fourth-order valence-electron chi connectivity index (χ4n) is 5.39. The van der Waals surface area contributed by atoms with Crippen LogP contribution in [-0.2, 0) is 16.1 Å². The normalized spacial score (nSPS) is 16.0. The first kappa shape index (κ1) is 31.9. The Morgan fingerprint density at radius 1 is 1.09 bits per heavy atom. The van der Waals surface area contributed by atoms with E-state index in [1.807, 2.05) is 18.2 Å². The Kier molecular flexibility index (Phi) is 10.5. The van der Waals surface area contributed by atoms with Crippen LogP contribution in [0.5, 0.6) is 11.6 Å². The van der Waals surface area contributed by atoms with Crippen molar-refractivity contribution in [2.75, 3.05) is 24.7 Å². The van der Waals surface area contributed by atoms with Gasteiger partial charge in [0.25, 0.3) is 0 Å². The molecule has 2 aromatic heterocycles. The molecule has 0 aliphatic carbocycles. The molecular formula is C35H39NO6S2. The quantitative estimate of drug-likeness (QED) is 0.126. The number of esters is 1. The number of fused-ring (bicyclic) bond motifs is 1. The average molecular weight is 634 g/mol. The van der Waals surface area contributed by atoms with Crippen molar-refractivity contribution in [3.63, 3.8) is 0 Å². The molecule has 0 bridgehead atoms. The molecule has 0 amide bonds. The molecule has 232 valence electrons. The van der Waals surface area contributed by atoms with Gasteiger partial charge >= 0.3 is 5.97 Å². The number of aryl methyl sites for hydroxylation is 1. The summed E-state index contributed by atoms with van der Waals surface area (Å²) in [4.78, 5) is 16.5. The summed E-state index contributed by atoms with van der Waals surface area (Å²) in [5.41, 5.74) is 5.38. The second kappa shape index (κ2) is 14.5. The molecule has 2 aromatic carbocycles. The van der Waals surface area contributed by atoms with E-state index in [1.165, 1.54) is 15.6 Å². The van der Waals surface area contributed by atoms with E-state index >= 15 is 0 Å². The summed E-state index contributed by atoms with van der Waals surface area (Å²) in [5, 5.41) is 3.38. The summed E-state index contributed by atoms with van der Waals surface area (Å²) >= 11 is 1.72. The fraction of sp³-hybridized carbons (Fsp3) is 0.371. The van der Waals surface area contributed by atoms with E-state index in [-0.39, 0.29) is 18.3 Å². The number of hydrogen-bond acceptors (Lipinski definition) is 8. The van der Waals surface area contributed by atoms with E-state index in [0.717, 1.165) is 40.8 Å². The van der Waals surface area contributed by atoms with Crippen LogP contribution in [0.1, 0.15) is 55.7 Å². The van der Waals surface area contributed by atoms with Gasteiger partial charge in [-0.15, -0.1) is 17.3 Å². The molecule has 1 fully saturated rings. The van der Waals surface area contributed by atoms with Crippen LogP contribution in [0.3, 0.4) is 0 Å². The molecule has 0 radical (unpaired) electrons. The SMILES string of the molecule is CC#CC(CC(=O)OCC)c1ccc(OCc2ccc3scc(-c4ccc(OCC5CCS(O)(O)CC5)cc4C)c3c2)nc1. The third kappa shape index (κ3) is 8.13. The highest BCUT2D eigenvalue weighted by molar-refractivity contribution is 8.24. The first-order valence-electron chi connectivity index (χ1n) is 14.9. The highest BCUT2D eigenvalue weighted by Gasteiger charge is 2.24. The van der Waals surface area contributed by atoms with Crippen molar-refractivity contribution in [3.05, 3.63) is 76.8 Å². The lowest BCUT2D eigenvalue weighted by atomic mass is 9.98. The molecule has 4 aromatic rings. The molecule has 3 heterocycles. The topological polar surface area (TPSA) is 98.1 Å². The first-order valence-corrected chi connectivity index (χ1v) is 17.6. The van der Waals surface area contributed by atoms with Crippen LogP contribution in [0.4, 0.5) is 0 Å². The van der Waals surface area contributed by atoms with Crippen LogP contribution in [0, 0.1) is 24.7 Å². The van der Waals surface area contributed by atoms with Crippen molar-refractivity contribution in [3.8, 4) is 34.6 Å². The molecule has 1 unspecified atom stereocenters. The molecule has 7 nitrogen and oxygen atoms in total. The number of carbonyl (C=O) groups excluding carboxylic acids is 1. The fourth-order valence-corrected chi connectivity index (χ4v) is 7.96. The number of nitrogens with zero attached hydrogens (tertiary/aromatic N) is 1. The predicted octanol–water partition coefficient (Wildman–Crippen LogP) is 8.45. The number of aromatic nitrogens is 1. The summed E-state index contributed by atoms with van der Waals surface area (Å²) < 4.78 is 38.1. The van der Waals surface area contributed by atoms with E-state index in [4.69, 9.17) is 14.2 Å². The third-order valence-corrected chi connectivity index (χ3v) is 10.6. The molecule has 0 saturated carbocycles. The third-order valence-electron chi connectivity index (χ3n) is 7.86. The van der Waals surface area contributed by atoms with Gasteiger partial charge in [-0.25, -0.2) is 4.98 Å². The molecule has 1 aliphatic rings. The van der Waals surface area contributed by atoms with Crippen LogP contribution in [0.15, 0.2) is 60.1 Å². The van der Waals surface area contributed by atoms with Crippen LogP contribution in [0.25, 0.3) is 21.2 Å². The maximum absolute atomic E-state index is 12.0. The lowest BCUT2D eigenvalue weighted by molar-refractivity contribution is -0.143. The van der Waals surface area contributed by atoms with Gasteiger partial charge in [0.05, 0.1) is 25.6 Å². The monoisotopic (exact) mass is 633 g/mol. The lowest BCUT2D eigenvalue weighted by Gasteiger charge is -2.39. The number of hydrogen-bond donors (Lipinski definition) is 2. The molecule has 1 atom stereocenters. The smallest absolute Gasteiger partial charge is 0.307 e. The zero-order valence-corrected chi connectivity index (χ0v) is 27.0. The first-order chi connectivity index (χ1) is 21.2. The molecule has 1 saturated heterocycles. The number of carbonyl (C=O) groups is 1. The zero-order chi connectivity index (χ0) is 31.1. The molecule has 2 N–H and O–H groups in total. The molecule has 9 heteroatoms. The standard InChI is InChI=1S/C35H39NO6S2/c1-4-6-27(19-35(37)40-5-2)28-8-12-34(36-20-28)42-22-26-7-11-33-31(18-26)32(23-43-33)30-10-9-29(17-24(30)3)41-21-25-13-15-44(38,39)16-14-25/h7-12,17-18,20,23,25,27,38-39H,5,13-16,19,21-22H2,1-3H3. The summed E-state index contributed by atoms with van der Waals surface area (Å²) in [6.45, 7) is 6.97. The van der Waals surface area contributed by atoms with Crippen molar-refractivity contribution in [2.24, 2.45) is 5.92 Å². The van der Waals surface area contributed by atoms with Gasteiger partial charge < -0.3 is 14.2 Å². The predicted molar refractivity (Wildman–Crippen MR) is 179 cm³/mol. The minimum absolute atomic E-state index is 0.188. The second-order valence-corrected chi connectivity index (χ2v) is 14.4. The summed E-state index contributed by atoms with van der Waals surface area (Å²) in [7, 11) is -2.37. The number of pyridine rings is 1. The number of benzene rings is 2. The van der Waals surface area contributed by atoms with E-state index in [2.05, 4.69) is 59.5 Å². The van der Waals surface area contributed by atoms with Crippen molar-refractivity contribution < 1.29 is 28.1 Å². The van der Waals surface area contributed by atoms with Crippen LogP contribution in [-0.4, -0.2) is 44.8 Å². The second-order valence-electron chi connectivity index (χ2n) is 11.1. The Hall–Kier alpha value is -3.55. The number of thiophene rings is 1. The van der Waals surface area contributed by atoms with Crippen molar-refractivity contribution in [2.45, 2.75) is 52.6 Å². The van der Waals surface area contributed by atoms with Gasteiger partial charge in [0.2, 0.25) is 5.88 Å². The number of rotatable bonds is 11. The minimum atomic E-state index is -2.37. The molecule has 5 rings (SSSR count). The van der Waals surface area contributed by atoms with Crippen molar-refractivity contribution >= 4 is 38.0 Å². The van der Waals surface area contributed by atoms with Gasteiger partial charge in [-0.2, -0.15) is 10.6 Å². The Morgan fingerprint density at radius 2 is 1.91 bits per heavy atom. The Bertz CT molecular complexity index is 1640. The van der Waals surface area contributed by atoms with Gasteiger partial charge in [0, 0.05) is 39.4 Å². The van der Waals surface area contributed by atoms with Crippen molar-refractivity contribution in [1.82, 2.24) is 4.98 Å². The van der Waals surface area contributed by atoms with Gasteiger partial charge in [0.15, 0.2) is 0 Å². The van der Waals surface area contributed by atoms with Crippen LogP contribution in [0.2, 0.25) is 0 Å². The zero-order valence-electron chi connectivity index (χ0n) is 25.4. The highest BCUT2D eigenvalue weighted by atomic mass is 32.3. The molecule has 1 aliphatic heterocycles. The average Bonchev–Trinajstić information content (AvgIpc) is 3.43. The highest BCUT2D eigenvalue weighted by Crippen LogP contribution is 2.45. The molecule has 44 heavy (non-hydrogen) atoms. The van der Waals surface area contributed by atoms with Gasteiger partial charge in [-0.05, 0) is 91.4 Å². The van der Waals surface area contributed by atoms with Gasteiger partial charge in [-0.1, -0.05) is 24.1 Å².